The molecular weight excluding hydrogens is 372 g/mol. The number of nitrogens with zero attached hydrogens (tertiary/aromatic N) is 1. The number of para-hydroxylation sites is 1. The van der Waals surface area contributed by atoms with Gasteiger partial charge in [0.05, 0.1) is 22.0 Å². The molecule has 1 aromatic carbocycles. The van der Waals surface area contributed by atoms with E-state index in [1.807, 2.05) is 18.2 Å². The summed E-state index contributed by atoms with van der Waals surface area (Å²) in [6, 6.07) is 6.01. The van der Waals surface area contributed by atoms with Crippen LogP contribution in [-0.4, -0.2) is 48.3 Å². The molecule has 0 bridgehead atoms. The van der Waals surface area contributed by atoms with Crippen LogP contribution >= 0.6 is 23.4 Å². The van der Waals surface area contributed by atoms with E-state index in [2.05, 4.69) is 10.2 Å². The number of hydrogen-bond acceptors (Lipinski definition) is 6. The van der Waals surface area contributed by atoms with Crippen LogP contribution in [0.4, 0.5) is 5.69 Å². The Hall–Kier alpha value is -1.34. The van der Waals surface area contributed by atoms with Crippen LogP contribution in [0.25, 0.3) is 6.08 Å². The van der Waals surface area contributed by atoms with Crippen LogP contribution in [0.5, 0.6) is 0 Å². The second kappa shape index (κ2) is 9.04. The SMILES string of the molecule is O=C1CC(=O)/C(=C/c2cccc(Cl)c2N2CCC[C@@H](NCCCO)C2)S1. The van der Waals surface area contributed by atoms with Crippen molar-refractivity contribution in [2.24, 2.45) is 0 Å². The van der Waals surface area contributed by atoms with Crippen LogP contribution < -0.4 is 10.2 Å². The molecule has 0 aliphatic carbocycles. The van der Waals surface area contributed by atoms with Crippen molar-refractivity contribution in [3.05, 3.63) is 33.7 Å². The van der Waals surface area contributed by atoms with E-state index in [4.69, 9.17) is 16.7 Å². The maximum atomic E-state index is 12.0. The van der Waals surface area contributed by atoms with Crippen molar-refractivity contribution >= 4 is 46.0 Å². The number of aliphatic hydroxyl groups excluding tert-OH is 1. The predicted molar refractivity (Wildman–Crippen MR) is 107 cm³/mol. The standard InChI is InChI=1S/C19H23ClN2O3S/c20-15-6-1-4-13(10-17-16(24)11-18(25)26-17)19(15)22-8-2-5-14(12-22)21-7-3-9-23/h1,4,6,10,14,21,23H,2-3,5,7-9,11-12H2/b17-10-/t14-/m1/s1. The van der Waals surface area contributed by atoms with E-state index in [0.29, 0.717) is 16.0 Å². The largest absolute Gasteiger partial charge is 0.396 e. The van der Waals surface area contributed by atoms with Gasteiger partial charge >= 0.3 is 0 Å². The lowest BCUT2D eigenvalue weighted by atomic mass is 10.0. The third-order valence-electron chi connectivity index (χ3n) is 4.61. The first-order valence-electron chi connectivity index (χ1n) is 8.91. The number of thioether (sulfide) groups is 1. The van der Waals surface area contributed by atoms with Crippen LogP contribution in [0.15, 0.2) is 23.1 Å². The van der Waals surface area contributed by atoms with Crippen LogP contribution in [-0.2, 0) is 9.59 Å². The number of ketones is 1. The van der Waals surface area contributed by atoms with E-state index in [9.17, 15) is 9.59 Å². The third-order valence-corrected chi connectivity index (χ3v) is 5.86. The highest BCUT2D eigenvalue weighted by molar-refractivity contribution is 8.18. The summed E-state index contributed by atoms with van der Waals surface area (Å²) in [7, 11) is 0. The first-order chi connectivity index (χ1) is 12.6. The molecule has 3 rings (SSSR count). The van der Waals surface area contributed by atoms with Crippen molar-refractivity contribution in [1.82, 2.24) is 5.32 Å². The van der Waals surface area contributed by atoms with Crippen molar-refractivity contribution in [3.8, 4) is 0 Å². The Balaban J connectivity index is 1.82. The number of rotatable bonds is 6. The average molecular weight is 395 g/mol. The number of halogens is 1. The molecular formula is C19H23ClN2O3S. The Bertz CT molecular complexity index is 723. The van der Waals surface area contributed by atoms with Gasteiger partial charge in [-0.2, -0.15) is 0 Å². The third kappa shape index (κ3) is 4.68. The number of piperidine rings is 1. The van der Waals surface area contributed by atoms with Gasteiger partial charge in [0, 0.05) is 31.3 Å². The van der Waals surface area contributed by atoms with E-state index < -0.39 is 0 Å². The molecule has 1 atom stereocenters. The Labute approximate surface area is 162 Å². The summed E-state index contributed by atoms with van der Waals surface area (Å²) in [5.41, 5.74) is 1.79. The first kappa shape index (κ1) is 19.4. The van der Waals surface area contributed by atoms with Crippen molar-refractivity contribution in [1.29, 1.82) is 0 Å². The Morgan fingerprint density at radius 2 is 2.23 bits per heavy atom. The van der Waals surface area contributed by atoms with Crippen molar-refractivity contribution in [2.45, 2.75) is 31.7 Å². The second-order valence-electron chi connectivity index (χ2n) is 6.58. The van der Waals surface area contributed by atoms with Crippen LogP contribution in [0, 0.1) is 0 Å². The molecule has 2 aliphatic rings. The molecule has 0 aromatic heterocycles. The molecule has 2 saturated heterocycles. The van der Waals surface area contributed by atoms with Gasteiger partial charge < -0.3 is 15.3 Å². The van der Waals surface area contributed by atoms with Gasteiger partial charge in [0.15, 0.2) is 5.78 Å². The fraction of sp³-hybridized carbons (Fsp3) is 0.474. The molecule has 2 fully saturated rings. The zero-order valence-corrected chi connectivity index (χ0v) is 16.1. The number of carbonyl (C=O) groups excluding carboxylic acids is 2. The maximum absolute atomic E-state index is 12.0. The monoisotopic (exact) mass is 394 g/mol. The summed E-state index contributed by atoms with van der Waals surface area (Å²) in [5.74, 6) is -0.117. The van der Waals surface area contributed by atoms with E-state index in [-0.39, 0.29) is 23.9 Å². The molecule has 0 spiro atoms. The number of allylic oxidation sites excluding steroid dienone is 1. The summed E-state index contributed by atoms with van der Waals surface area (Å²) in [5, 5.41) is 13.0. The van der Waals surface area contributed by atoms with Crippen LogP contribution in [0.1, 0.15) is 31.2 Å². The first-order valence-corrected chi connectivity index (χ1v) is 10.1. The molecule has 2 heterocycles. The molecule has 7 heteroatoms. The summed E-state index contributed by atoms with van der Waals surface area (Å²) < 4.78 is 0. The molecule has 1 aromatic rings. The number of benzene rings is 1. The predicted octanol–water partition coefficient (Wildman–Crippen LogP) is 2.85. The maximum Gasteiger partial charge on any atom is 0.201 e. The molecule has 0 saturated carbocycles. The van der Waals surface area contributed by atoms with Gasteiger partial charge in [-0.25, -0.2) is 0 Å². The van der Waals surface area contributed by atoms with Gasteiger partial charge in [0.2, 0.25) is 5.12 Å². The van der Waals surface area contributed by atoms with Crippen molar-refractivity contribution < 1.29 is 14.7 Å². The number of carbonyl (C=O) groups is 2. The highest BCUT2D eigenvalue weighted by Crippen LogP contribution is 2.37. The fourth-order valence-corrected chi connectivity index (χ4v) is 4.52. The Kier molecular flexibility index (Phi) is 6.75. The smallest absolute Gasteiger partial charge is 0.201 e. The van der Waals surface area contributed by atoms with Crippen LogP contribution in [0.3, 0.4) is 0 Å². The minimum atomic E-state index is -0.117. The number of Topliss-reactive ketones (excluding diaryl/α,β-unsaturated/α-hetero) is 1. The van der Waals surface area contributed by atoms with Crippen molar-refractivity contribution in [3.63, 3.8) is 0 Å². The van der Waals surface area contributed by atoms with Gasteiger partial charge in [-0.3, -0.25) is 9.59 Å². The summed E-state index contributed by atoms with van der Waals surface area (Å²) >= 11 is 7.52. The fourth-order valence-electron chi connectivity index (χ4n) is 3.40. The second-order valence-corrected chi connectivity index (χ2v) is 8.08. The Morgan fingerprint density at radius 3 is 2.96 bits per heavy atom. The summed E-state index contributed by atoms with van der Waals surface area (Å²) in [4.78, 5) is 26.2. The van der Waals surface area contributed by atoms with Crippen molar-refractivity contribution in [2.75, 3.05) is 31.1 Å². The number of aliphatic hydroxyl groups is 1. The lowest BCUT2D eigenvalue weighted by Gasteiger charge is -2.36. The molecule has 140 valence electrons. The van der Waals surface area contributed by atoms with E-state index in [1.165, 1.54) is 0 Å². The van der Waals surface area contributed by atoms with Crippen LogP contribution in [0.2, 0.25) is 5.02 Å². The molecule has 0 radical (unpaired) electrons. The minimum Gasteiger partial charge on any atom is -0.396 e. The molecule has 2 N–H and O–H groups in total. The lowest BCUT2D eigenvalue weighted by molar-refractivity contribution is -0.119. The zero-order valence-electron chi connectivity index (χ0n) is 14.5. The van der Waals surface area contributed by atoms with E-state index >= 15 is 0 Å². The quantitative estimate of drug-likeness (QED) is 0.439. The average Bonchev–Trinajstić information content (AvgIpc) is 2.93. The number of nitrogens with one attached hydrogen (secondary N) is 1. The van der Waals surface area contributed by atoms with Gasteiger partial charge in [-0.05, 0) is 49.7 Å². The molecule has 0 amide bonds. The van der Waals surface area contributed by atoms with Gasteiger partial charge in [0.25, 0.3) is 0 Å². The molecule has 0 unspecified atom stereocenters. The highest BCUT2D eigenvalue weighted by Gasteiger charge is 2.27. The lowest BCUT2D eigenvalue weighted by Crippen LogP contribution is -2.46. The number of anilines is 1. The molecule has 2 aliphatic heterocycles. The van der Waals surface area contributed by atoms with E-state index in [1.54, 1.807) is 6.08 Å². The number of hydrogen-bond donors (Lipinski definition) is 2. The molecule has 26 heavy (non-hydrogen) atoms. The normalized spacial score (nSPS) is 22.5. The zero-order chi connectivity index (χ0) is 18.5. The van der Waals surface area contributed by atoms with Gasteiger partial charge in [-0.1, -0.05) is 23.7 Å². The van der Waals surface area contributed by atoms with E-state index in [0.717, 1.165) is 61.9 Å². The summed E-state index contributed by atoms with van der Waals surface area (Å²) in [6.07, 6.45) is 4.65. The molecule has 5 nitrogen and oxygen atoms in total. The summed E-state index contributed by atoms with van der Waals surface area (Å²) in [6.45, 7) is 2.71. The highest BCUT2D eigenvalue weighted by atomic mass is 35.5. The van der Waals surface area contributed by atoms with Gasteiger partial charge in [0.1, 0.15) is 0 Å². The topological polar surface area (TPSA) is 69.6 Å². The minimum absolute atomic E-state index is 0.0209. The van der Waals surface area contributed by atoms with Gasteiger partial charge in [-0.15, -0.1) is 0 Å². The Morgan fingerprint density at radius 1 is 1.38 bits per heavy atom.